The fourth-order valence-electron chi connectivity index (χ4n) is 3.40. The number of nitriles is 1. The fourth-order valence-corrected chi connectivity index (χ4v) is 3.40. The molecule has 3 rings (SSSR count). The highest BCUT2D eigenvalue weighted by Gasteiger charge is 2.37. The van der Waals surface area contributed by atoms with Crippen molar-refractivity contribution in [3.8, 4) is 6.07 Å². The monoisotopic (exact) mass is 351 g/mol. The molecule has 1 saturated heterocycles. The molecule has 1 aliphatic rings. The average Bonchev–Trinajstić information content (AvgIpc) is 2.68. The molecule has 0 radical (unpaired) electrons. The highest BCUT2D eigenvalue weighted by molar-refractivity contribution is 5.95. The summed E-state index contributed by atoms with van der Waals surface area (Å²) in [7, 11) is 1.83. The van der Waals surface area contributed by atoms with Gasteiger partial charge in [-0.3, -0.25) is 4.79 Å². The van der Waals surface area contributed by atoms with Crippen LogP contribution in [0.3, 0.4) is 0 Å². The molecule has 4 nitrogen and oxygen atoms in total. The molecule has 0 aliphatic carbocycles. The molecule has 1 amide bonds. The zero-order valence-corrected chi connectivity index (χ0v) is 15.1. The van der Waals surface area contributed by atoms with Crippen molar-refractivity contribution in [2.24, 2.45) is 0 Å². The first-order valence-electron chi connectivity index (χ1n) is 8.74. The Labute approximate surface area is 153 Å². The van der Waals surface area contributed by atoms with Crippen molar-refractivity contribution in [1.82, 2.24) is 4.90 Å². The Morgan fingerprint density at radius 2 is 1.85 bits per heavy atom. The summed E-state index contributed by atoms with van der Waals surface area (Å²) in [6.45, 7) is 2.73. The minimum Gasteiger partial charge on any atom is -0.388 e. The Morgan fingerprint density at radius 1 is 1.19 bits per heavy atom. The minimum absolute atomic E-state index is 0.0663. The summed E-state index contributed by atoms with van der Waals surface area (Å²) in [5.41, 5.74) is 2.26. The maximum Gasteiger partial charge on any atom is 0.253 e. The lowest BCUT2D eigenvalue weighted by molar-refractivity contribution is 0.0421. The molecule has 2 aromatic carbocycles. The lowest BCUT2D eigenvalue weighted by Crippen LogP contribution is -2.43. The van der Waals surface area contributed by atoms with E-state index in [2.05, 4.69) is 5.32 Å². The van der Waals surface area contributed by atoms with Crippen LogP contribution in [-0.2, 0) is 5.67 Å². The maximum atomic E-state index is 15.3. The van der Waals surface area contributed by atoms with Crippen molar-refractivity contribution in [3.05, 3.63) is 64.7 Å². The molecule has 0 saturated carbocycles. The molecule has 0 unspecified atom stereocenters. The lowest BCUT2D eigenvalue weighted by atomic mass is 9.85. The molecule has 1 N–H and O–H groups in total. The summed E-state index contributed by atoms with van der Waals surface area (Å²) >= 11 is 0. The number of likely N-dealkylation sites (tertiary alicyclic amines) is 1. The standard InChI is InChI=1S/C21H22FN3O/c1-15-3-6-17(13-19(15)24-2)20(26)25-11-9-21(22,10-12-25)18-7-4-16(14-23)5-8-18/h3-8,13,24H,9-12H2,1-2H3. The predicted molar refractivity (Wildman–Crippen MR) is 99.8 cm³/mol. The molecule has 0 atom stereocenters. The van der Waals surface area contributed by atoms with E-state index in [4.69, 9.17) is 5.26 Å². The van der Waals surface area contributed by atoms with Crippen LogP contribution in [-0.4, -0.2) is 30.9 Å². The Balaban J connectivity index is 1.71. The molecule has 0 bridgehead atoms. The van der Waals surface area contributed by atoms with E-state index in [1.807, 2.05) is 38.2 Å². The van der Waals surface area contributed by atoms with Crippen LogP contribution in [0.25, 0.3) is 0 Å². The van der Waals surface area contributed by atoms with Crippen LogP contribution in [0.4, 0.5) is 10.1 Å². The van der Waals surface area contributed by atoms with Gasteiger partial charge in [-0.1, -0.05) is 18.2 Å². The van der Waals surface area contributed by atoms with E-state index in [1.54, 1.807) is 29.2 Å². The summed E-state index contributed by atoms with van der Waals surface area (Å²) < 4.78 is 15.3. The van der Waals surface area contributed by atoms with Crippen molar-refractivity contribution >= 4 is 11.6 Å². The van der Waals surface area contributed by atoms with E-state index in [0.29, 0.717) is 29.8 Å². The second-order valence-corrected chi connectivity index (χ2v) is 6.73. The Morgan fingerprint density at radius 3 is 2.42 bits per heavy atom. The van der Waals surface area contributed by atoms with Gasteiger partial charge in [0.25, 0.3) is 5.91 Å². The van der Waals surface area contributed by atoms with Crippen LogP contribution in [0.5, 0.6) is 0 Å². The number of anilines is 1. The van der Waals surface area contributed by atoms with Crippen LogP contribution in [0.15, 0.2) is 42.5 Å². The smallest absolute Gasteiger partial charge is 0.253 e. The molecule has 134 valence electrons. The van der Waals surface area contributed by atoms with Crippen LogP contribution in [0.1, 0.15) is 39.9 Å². The number of alkyl halides is 1. The number of benzene rings is 2. The fraction of sp³-hybridized carbons (Fsp3) is 0.333. The Kier molecular flexibility index (Phi) is 4.94. The molecule has 5 heteroatoms. The van der Waals surface area contributed by atoms with Crippen molar-refractivity contribution < 1.29 is 9.18 Å². The number of halogens is 1. The van der Waals surface area contributed by atoms with Crippen LogP contribution in [0, 0.1) is 18.3 Å². The van der Waals surface area contributed by atoms with Gasteiger partial charge in [-0.15, -0.1) is 0 Å². The third-order valence-corrected chi connectivity index (χ3v) is 5.13. The molecule has 0 aromatic heterocycles. The van der Waals surface area contributed by atoms with Gasteiger partial charge in [-0.25, -0.2) is 4.39 Å². The quantitative estimate of drug-likeness (QED) is 0.909. The van der Waals surface area contributed by atoms with Gasteiger partial charge in [0.1, 0.15) is 5.67 Å². The maximum absolute atomic E-state index is 15.3. The predicted octanol–water partition coefficient (Wildman–Crippen LogP) is 4.01. The minimum atomic E-state index is -1.45. The van der Waals surface area contributed by atoms with Crippen LogP contribution < -0.4 is 5.32 Å². The van der Waals surface area contributed by atoms with E-state index in [9.17, 15) is 4.79 Å². The van der Waals surface area contributed by atoms with Gasteiger partial charge in [0.05, 0.1) is 11.6 Å². The topological polar surface area (TPSA) is 56.1 Å². The second kappa shape index (κ2) is 7.17. The Bertz CT molecular complexity index is 847. The van der Waals surface area contributed by atoms with Gasteiger partial charge in [0.2, 0.25) is 0 Å². The summed E-state index contributed by atoms with van der Waals surface area (Å²) in [5, 5.41) is 12.0. The lowest BCUT2D eigenvalue weighted by Gasteiger charge is -2.37. The first-order chi connectivity index (χ1) is 12.5. The van der Waals surface area contributed by atoms with Crippen LogP contribution >= 0.6 is 0 Å². The molecule has 1 heterocycles. The van der Waals surface area contributed by atoms with E-state index in [1.165, 1.54) is 0 Å². The zero-order valence-electron chi connectivity index (χ0n) is 15.1. The van der Waals surface area contributed by atoms with E-state index >= 15 is 4.39 Å². The first kappa shape index (κ1) is 17.9. The van der Waals surface area contributed by atoms with E-state index in [-0.39, 0.29) is 18.7 Å². The number of carbonyl (C=O) groups is 1. The summed E-state index contributed by atoms with van der Waals surface area (Å²) in [4.78, 5) is 14.5. The van der Waals surface area contributed by atoms with Gasteiger partial charge in [-0.05, 0) is 42.3 Å². The first-order valence-corrected chi connectivity index (χ1v) is 8.74. The molecular formula is C21H22FN3O. The molecule has 0 spiro atoms. The molecule has 26 heavy (non-hydrogen) atoms. The Hall–Kier alpha value is -2.87. The molecule has 1 aliphatic heterocycles. The summed E-state index contributed by atoms with van der Waals surface area (Å²) in [6.07, 6.45) is 0.519. The number of aryl methyl sites for hydroxylation is 1. The molecule has 2 aromatic rings. The van der Waals surface area contributed by atoms with Crippen LogP contribution in [0.2, 0.25) is 0 Å². The number of nitrogens with one attached hydrogen (secondary N) is 1. The molecular weight excluding hydrogens is 329 g/mol. The normalized spacial score (nSPS) is 16.0. The van der Waals surface area contributed by atoms with E-state index in [0.717, 1.165) is 11.3 Å². The van der Waals surface area contributed by atoms with Crippen molar-refractivity contribution in [2.45, 2.75) is 25.4 Å². The van der Waals surface area contributed by atoms with Crippen molar-refractivity contribution in [2.75, 3.05) is 25.5 Å². The van der Waals surface area contributed by atoms with Gasteiger partial charge < -0.3 is 10.2 Å². The number of carbonyl (C=O) groups excluding carboxylic acids is 1. The van der Waals surface area contributed by atoms with Gasteiger partial charge >= 0.3 is 0 Å². The number of rotatable bonds is 3. The number of nitrogens with zero attached hydrogens (tertiary/aromatic N) is 2. The van der Waals surface area contributed by atoms with Crippen molar-refractivity contribution in [1.29, 1.82) is 5.26 Å². The summed E-state index contributed by atoms with van der Waals surface area (Å²) in [6, 6.07) is 14.2. The number of hydrogen-bond acceptors (Lipinski definition) is 3. The van der Waals surface area contributed by atoms with Gasteiger partial charge in [0, 0.05) is 44.2 Å². The number of piperidine rings is 1. The number of hydrogen-bond donors (Lipinski definition) is 1. The van der Waals surface area contributed by atoms with E-state index < -0.39 is 5.67 Å². The molecule has 1 fully saturated rings. The SMILES string of the molecule is CNc1cc(C(=O)N2CCC(F)(c3ccc(C#N)cc3)CC2)ccc1C. The highest BCUT2D eigenvalue weighted by atomic mass is 19.1. The zero-order chi connectivity index (χ0) is 18.7. The van der Waals surface area contributed by atoms with Crippen molar-refractivity contribution in [3.63, 3.8) is 0 Å². The third kappa shape index (κ3) is 3.41. The second-order valence-electron chi connectivity index (χ2n) is 6.73. The third-order valence-electron chi connectivity index (χ3n) is 5.13. The highest BCUT2D eigenvalue weighted by Crippen LogP contribution is 2.37. The largest absolute Gasteiger partial charge is 0.388 e. The summed E-state index contributed by atoms with van der Waals surface area (Å²) in [5.74, 6) is -0.0663. The van der Waals surface area contributed by atoms with Gasteiger partial charge in [-0.2, -0.15) is 5.26 Å². The number of amides is 1. The van der Waals surface area contributed by atoms with Gasteiger partial charge in [0.15, 0.2) is 0 Å². The average molecular weight is 351 g/mol.